The van der Waals surface area contributed by atoms with Gasteiger partial charge in [-0.15, -0.1) is 6.42 Å². The number of terminal acetylenes is 1. The number of rotatable bonds is 6. The van der Waals surface area contributed by atoms with E-state index in [1.54, 1.807) is 24.3 Å². The lowest BCUT2D eigenvalue weighted by molar-refractivity contribution is -0.140. The van der Waals surface area contributed by atoms with Gasteiger partial charge < -0.3 is 4.74 Å². The van der Waals surface area contributed by atoms with Gasteiger partial charge in [-0.3, -0.25) is 4.79 Å². The number of carbonyl (C=O) groups excluding carboxylic acids is 1. The molecule has 0 bridgehead atoms. The van der Waals surface area contributed by atoms with Gasteiger partial charge in [0.2, 0.25) is 0 Å². The number of ether oxygens (including phenoxy) is 1. The molecule has 0 saturated heterocycles. The Morgan fingerprint density at radius 1 is 1.18 bits per heavy atom. The van der Waals surface area contributed by atoms with Crippen molar-refractivity contribution in [2.75, 3.05) is 0 Å². The van der Waals surface area contributed by atoms with Crippen LogP contribution >= 0.6 is 0 Å². The highest BCUT2D eigenvalue weighted by atomic mass is 16.5. The Bertz CT molecular complexity index is 502. The third-order valence-corrected chi connectivity index (χ3v) is 4.64. The molecule has 0 N–H and O–H groups in total. The van der Waals surface area contributed by atoms with Gasteiger partial charge in [-0.2, -0.15) is 0 Å². The Morgan fingerprint density at radius 2 is 1.86 bits per heavy atom. The molecule has 0 unspecified atom stereocenters. The van der Waals surface area contributed by atoms with Crippen molar-refractivity contribution >= 4 is 5.97 Å². The van der Waals surface area contributed by atoms with E-state index in [4.69, 9.17) is 11.2 Å². The molecule has 0 aromatic heterocycles. The quantitative estimate of drug-likeness (QED) is 0.321. The Hall–Kier alpha value is -1.75. The summed E-state index contributed by atoms with van der Waals surface area (Å²) in [6, 6.07) is 7.13. The highest BCUT2D eigenvalue weighted by Gasteiger charge is 2.27. The second kappa shape index (κ2) is 8.63. The van der Waals surface area contributed by atoms with Crippen LogP contribution in [0.5, 0.6) is 5.75 Å². The minimum atomic E-state index is -0.0829. The van der Waals surface area contributed by atoms with Gasteiger partial charge in [0.25, 0.3) is 0 Å². The van der Waals surface area contributed by atoms with E-state index < -0.39 is 0 Å². The molecule has 1 saturated carbocycles. The van der Waals surface area contributed by atoms with Crippen molar-refractivity contribution < 1.29 is 9.53 Å². The average molecular weight is 298 g/mol. The van der Waals surface area contributed by atoms with Crippen molar-refractivity contribution in [3.8, 4) is 18.1 Å². The zero-order chi connectivity index (χ0) is 15.8. The highest BCUT2D eigenvalue weighted by molar-refractivity contribution is 5.75. The van der Waals surface area contributed by atoms with Crippen LogP contribution in [-0.4, -0.2) is 5.97 Å². The van der Waals surface area contributed by atoms with Crippen LogP contribution in [0.3, 0.4) is 0 Å². The van der Waals surface area contributed by atoms with Gasteiger partial charge >= 0.3 is 5.97 Å². The van der Waals surface area contributed by atoms with E-state index in [1.165, 1.54) is 38.5 Å². The largest absolute Gasteiger partial charge is 0.426 e. The summed E-state index contributed by atoms with van der Waals surface area (Å²) in [5, 5.41) is 0. The fourth-order valence-electron chi connectivity index (χ4n) is 3.19. The fraction of sp³-hybridized carbons (Fsp3) is 0.550. The maximum Gasteiger partial charge on any atom is 0.314 e. The molecule has 1 fully saturated rings. The molecule has 2 nitrogen and oxygen atoms in total. The molecule has 0 spiro atoms. The molecule has 0 aliphatic heterocycles. The standard InChI is InChI=1S/C20H26O2/c1-3-5-6-7-17-8-12-18(13-9-17)20(21)22-19-14-10-16(4-2)11-15-19/h2,10-11,14-15,17-18H,3,5-9,12-13H2,1H3. The molecular weight excluding hydrogens is 272 g/mol. The van der Waals surface area contributed by atoms with Crippen LogP contribution in [0.2, 0.25) is 0 Å². The zero-order valence-corrected chi connectivity index (χ0v) is 13.5. The minimum absolute atomic E-state index is 0.0646. The molecule has 0 atom stereocenters. The number of benzene rings is 1. The molecule has 1 aliphatic rings. The third-order valence-electron chi connectivity index (χ3n) is 4.64. The van der Waals surface area contributed by atoms with Gasteiger partial charge in [0.15, 0.2) is 0 Å². The van der Waals surface area contributed by atoms with Crippen LogP contribution in [0.15, 0.2) is 24.3 Å². The predicted octanol–water partition coefficient (Wildman–Crippen LogP) is 4.96. The van der Waals surface area contributed by atoms with E-state index in [2.05, 4.69) is 12.8 Å². The normalized spacial score (nSPS) is 21.1. The Labute approximate surface area is 134 Å². The zero-order valence-electron chi connectivity index (χ0n) is 13.5. The van der Waals surface area contributed by atoms with Crippen LogP contribution in [0, 0.1) is 24.2 Å². The summed E-state index contributed by atoms with van der Waals surface area (Å²) < 4.78 is 5.48. The average Bonchev–Trinajstić information content (AvgIpc) is 2.56. The highest BCUT2D eigenvalue weighted by Crippen LogP contribution is 2.33. The topological polar surface area (TPSA) is 26.3 Å². The maximum atomic E-state index is 12.2. The van der Waals surface area contributed by atoms with Gasteiger partial charge in [-0.05, 0) is 55.9 Å². The van der Waals surface area contributed by atoms with Crippen LogP contribution in [0.25, 0.3) is 0 Å². The first kappa shape index (κ1) is 16.6. The van der Waals surface area contributed by atoms with Gasteiger partial charge in [-0.25, -0.2) is 0 Å². The number of carbonyl (C=O) groups is 1. The molecule has 1 aromatic rings. The van der Waals surface area contributed by atoms with Crippen LogP contribution in [-0.2, 0) is 4.79 Å². The summed E-state index contributed by atoms with van der Waals surface area (Å²) in [7, 11) is 0. The lowest BCUT2D eigenvalue weighted by Crippen LogP contribution is -2.25. The monoisotopic (exact) mass is 298 g/mol. The van der Waals surface area contributed by atoms with Crippen molar-refractivity contribution in [2.24, 2.45) is 11.8 Å². The Balaban J connectivity index is 1.76. The fourth-order valence-corrected chi connectivity index (χ4v) is 3.19. The molecule has 2 heteroatoms. The molecule has 1 aliphatic carbocycles. The van der Waals surface area contributed by atoms with Crippen molar-refractivity contribution in [3.63, 3.8) is 0 Å². The van der Waals surface area contributed by atoms with Crippen molar-refractivity contribution in [1.82, 2.24) is 0 Å². The van der Waals surface area contributed by atoms with E-state index in [0.717, 1.165) is 24.3 Å². The van der Waals surface area contributed by atoms with Gasteiger partial charge in [0.05, 0.1) is 5.92 Å². The van der Waals surface area contributed by atoms with Crippen molar-refractivity contribution in [3.05, 3.63) is 29.8 Å². The molecule has 2 rings (SSSR count). The Kier molecular flexibility index (Phi) is 6.52. The molecule has 0 radical (unpaired) electrons. The number of unbranched alkanes of at least 4 members (excludes halogenated alkanes) is 2. The summed E-state index contributed by atoms with van der Waals surface area (Å²) in [4.78, 5) is 12.2. The maximum absolute atomic E-state index is 12.2. The smallest absolute Gasteiger partial charge is 0.314 e. The van der Waals surface area contributed by atoms with E-state index in [-0.39, 0.29) is 11.9 Å². The summed E-state index contributed by atoms with van der Waals surface area (Å²) >= 11 is 0. The predicted molar refractivity (Wildman–Crippen MR) is 89.6 cm³/mol. The third kappa shape index (κ3) is 4.91. The molecule has 0 amide bonds. The number of hydrogen-bond donors (Lipinski definition) is 0. The van der Waals surface area contributed by atoms with Crippen molar-refractivity contribution in [1.29, 1.82) is 0 Å². The van der Waals surface area contributed by atoms with Gasteiger partial charge in [0.1, 0.15) is 5.75 Å². The van der Waals surface area contributed by atoms with E-state index in [0.29, 0.717) is 5.75 Å². The van der Waals surface area contributed by atoms with E-state index >= 15 is 0 Å². The molecule has 118 valence electrons. The van der Waals surface area contributed by atoms with E-state index in [1.807, 2.05) is 0 Å². The molecule has 0 heterocycles. The molecular formula is C20H26O2. The SMILES string of the molecule is C#Cc1ccc(OC(=O)C2CCC(CCCCC)CC2)cc1. The summed E-state index contributed by atoms with van der Waals surface area (Å²) in [5.41, 5.74) is 0.799. The van der Waals surface area contributed by atoms with Crippen LogP contribution in [0.1, 0.15) is 63.9 Å². The van der Waals surface area contributed by atoms with E-state index in [9.17, 15) is 4.79 Å². The second-order valence-electron chi connectivity index (χ2n) is 6.30. The number of esters is 1. The summed E-state index contributed by atoms with van der Waals surface area (Å²) in [5.74, 6) is 3.94. The van der Waals surface area contributed by atoms with Crippen LogP contribution in [0.4, 0.5) is 0 Å². The first-order chi connectivity index (χ1) is 10.7. The lowest BCUT2D eigenvalue weighted by Gasteiger charge is -2.27. The van der Waals surface area contributed by atoms with Gasteiger partial charge in [0, 0.05) is 5.56 Å². The summed E-state index contributed by atoms with van der Waals surface area (Å²) in [6.45, 7) is 2.24. The first-order valence-electron chi connectivity index (χ1n) is 8.51. The summed E-state index contributed by atoms with van der Waals surface area (Å²) in [6.07, 6.45) is 14.9. The lowest BCUT2D eigenvalue weighted by atomic mass is 9.80. The first-order valence-corrected chi connectivity index (χ1v) is 8.51. The second-order valence-corrected chi connectivity index (χ2v) is 6.30. The van der Waals surface area contributed by atoms with Crippen molar-refractivity contribution in [2.45, 2.75) is 58.3 Å². The minimum Gasteiger partial charge on any atom is -0.426 e. The van der Waals surface area contributed by atoms with Gasteiger partial charge in [-0.1, -0.05) is 38.5 Å². The molecule has 1 aromatic carbocycles. The number of hydrogen-bond acceptors (Lipinski definition) is 2. The molecule has 22 heavy (non-hydrogen) atoms. The Morgan fingerprint density at radius 3 is 2.45 bits per heavy atom. The van der Waals surface area contributed by atoms with Crippen LogP contribution < -0.4 is 4.74 Å².